The van der Waals surface area contributed by atoms with Crippen molar-refractivity contribution in [2.75, 3.05) is 40.0 Å². The summed E-state index contributed by atoms with van der Waals surface area (Å²) in [6.45, 7) is 3.79. The van der Waals surface area contributed by atoms with Gasteiger partial charge in [0.15, 0.2) is 11.5 Å². The first kappa shape index (κ1) is 19.2. The van der Waals surface area contributed by atoms with E-state index in [2.05, 4.69) is 4.90 Å². The van der Waals surface area contributed by atoms with Crippen molar-refractivity contribution < 1.29 is 28.8 Å². The summed E-state index contributed by atoms with van der Waals surface area (Å²) in [6, 6.07) is 7.20. The van der Waals surface area contributed by atoms with Crippen molar-refractivity contribution in [2.24, 2.45) is 11.8 Å². The van der Waals surface area contributed by atoms with Gasteiger partial charge in [-0.15, -0.1) is 0 Å². The minimum absolute atomic E-state index is 0.0685. The number of aliphatic hydroxyl groups excluding tert-OH is 1. The molecule has 7 heteroatoms. The zero-order valence-electron chi connectivity index (χ0n) is 16.1. The second-order valence-electron chi connectivity index (χ2n) is 7.53. The highest BCUT2D eigenvalue weighted by atomic mass is 16.5. The third kappa shape index (κ3) is 3.87. The molecule has 0 radical (unpaired) electrons. The monoisotopic (exact) mass is 389 g/mol. The normalized spacial score (nSPS) is 30.8. The lowest BCUT2D eigenvalue weighted by Gasteiger charge is -2.43. The number of ketones is 1. The van der Waals surface area contributed by atoms with Crippen LogP contribution in [0.5, 0.6) is 11.5 Å². The van der Waals surface area contributed by atoms with E-state index < -0.39 is 6.10 Å². The number of fused-ring (bicyclic) bond motifs is 1. The molecule has 28 heavy (non-hydrogen) atoms. The summed E-state index contributed by atoms with van der Waals surface area (Å²) in [5.41, 5.74) is 0. The molecule has 1 aromatic carbocycles. The molecule has 0 bridgehead atoms. The van der Waals surface area contributed by atoms with Gasteiger partial charge in [-0.25, -0.2) is 0 Å². The highest BCUT2D eigenvalue weighted by Gasteiger charge is 2.47. The number of rotatable bonds is 5. The molecule has 4 rings (SSSR count). The SMILES string of the molecule is COc1ccccc1OC1=COC2C(CCC(O)C2CN2CCOCC2)C1=O. The summed E-state index contributed by atoms with van der Waals surface area (Å²) in [5.74, 6) is 0.747. The number of morpholine rings is 1. The number of aliphatic hydroxyl groups is 1. The van der Waals surface area contributed by atoms with Gasteiger partial charge in [-0.05, 0) is 25.0 Å². The van der Waals surface area contributed by atoms with Gasteiger partial charge in [0.05, 0.1) is 32.3 Å². The molecule has 2 heterocycles. The summed E-state index contributed by atoms with van der Waals surface area (Å²) < 4.78 is 22.5. The highest BCUT2D eigenvalue weighted by Crippen LogP contribution is 2.39. The van der Waals surface area contributed by atoms with Crippen LogP contribution in [0.4, 0.5) is 0 Å². The molecule has 0 amide bonds. The zero-order chi connectivity index (χ0) is 19.5. The number of carbonyl (C=O) groups is 1. The third-order valence-corrected chi connectivity index (χ3v) is 5.86. The van der Waals surface area contributed by atoms with Crippen molar-refractivity contribution in [3.63, 3.8) is 0 Å². The molecule has 4 unspecified atom stereocenters. The van der Waals surface area contributed by atoms with E-state index in [1.54, 1.807) is 19.2 Å². The number of carbonyl (C=O) groups excluding carboxylic acids is 1. The molecule has 3 aliphatic rings. The van der Waals surface area contributed by atoms with Crippen LogP contribution in [0.1, 0.15) is 12.8 Å². The van der Waals surface area contributed by atoms with Gasteiger partial charge < -0.3 is 24.1 Å². The van der Waals surface area contributed by atoms with Crippen LogP contribution in [-0.2, 0) is 14.3 Å². The molecule has 0 spiro atoms. The molecule has 0 aromatic heterocycles. The summed E-state index contributed by atoms with van der Waals surface area (Å²) in [6.07, 6.45) is 1.79. The predicted molar refractivity (Wildman–Crippen MR) is 101 cm³/mol. The Morgan fingerprint density at radius 2 is 1.93 bits per heavy atom. The Morgan fingerprint density at radius 3 is 2.68 bits per heavy atom. The van der Waals surface area contributed by atoms with Crippen molar-refractivity contribution in [3.8, 4) is 11.5 Å². The number of benzene rings is 1. The van der Waals surface area contributed by atoms with E-state index in [4.69, 9.17) is 18.9 Å². The van der Waals surface area contributed by atoms with E-state index in [1.165, 1.54) is 6.26 Å². The van der Waals surface area contributed by atoms with Crippen molar-refractivity contribution in [2.45, 2.75) is 25.0 Å². The van der Waals surface area contributed by atoms with Crippen molar-refractivity contribution in [3.05, 3.63) is 36.3 Å². The second kappa shape index (κ2) is 8.51. The Kier molecular flexibility index (Phi) is 5.85. The molecule has 2 aliphatic heterocycles. The fraction of sp³-hybridized carbons (Fsp3) is 0.571. The van der Waals surface area contributed by atoms with Crippen LogP contribution >= 0.6 is 0 Å². The molecule has 1 aromatic rings. The quantitative estimate of drug-likeness (QED) is 0.820. The lowest BCUT2D eigenvalue weighted by Crippen LogP contribution is -2.53. The number of nitrogens with zero attached hydrogens (tertiary/aromatic N) is 1. The van der Waals surface area contributed by atoms with Gasteiger partial charge in [-0.3, -0.25) is 9.69 Å². The lowest BCUT2D eigenvalue weighted by molar-refractivity contribution is -0.140. The minimum Gasteiger partial charge on any atom is -0.493 e. The van der Waals surface area contributed by atoms with Crippen LogP contribution < -0.4 is 9.47 Å². The molecule has 1 saturated carbocycles. The summed E-state index contributed by atoms with van der Waals surface area (Å²) in [7, 11) is 1.56. The fourth-order valence-electron chi connectivity index (χ4n) is 4.31. The second-order valence-corrected chi connectivity index (χ2v) is 7.53. The van der Waals surface area contributed by atoms with E-state index in [9.17, 15) is 9.90 Å². The van der Waals surface area contributed by atoms with Gasteiger partial charge in [0.1, 0.15) is 12.4 Å². The van der Waals surface area contributed by atoms with E-state index >= 15 is 0 Å². The van der Waals surface area contributed by atoms with Gasteiger partial charge in [0.25, 0.3) is 0 Å². The van der Waals surface area contributed by atoms with E-state index in [1.807, 2.05) is 12.1 Å². The largest absolute Gasteiger partial charge is 0.493 e. The van der Waals surface area contributed by atoms with Crippen LogP contribution in [0, 0.1) is 11.8 Å². The first-order valence-electron chi connectivity index (χ1n) is 9.86. The number of methoxy groups -OCH3 is 1. The number of ether oxygens (including phenoxy) is 4. The molecular formula is C21H27NO6. The lowest BCUT2D eigenvalue weighted by atomic mass is 9.73. The summed E-state index contributed by atoms with van der Waals surface area (Å²) >= 11 is 0. The number of Topliss-reactive ketones (excluding diaryl/α,β-unsaturated/α-hetero) is 1. The van der Waals surface area contributed by atoms with Crippen molar-refractivity contribution in [1.29, 1.82) is 0 Å². The molecular weight excluding hydrogens is 362 g/mol. The van der Waals surface area contributed by atoms with E-state index in [-0.39, 0.29) is 29.5 Å². The maximum Gasteiger partial charge on any atom is 0.208 e. The van der Waals surface area contributed by atoms with Crippen LogP contribution in [0.15, 0.2) is 36.3 Å². The van der Waals surface area contributed by atoms with Gasteiger partial charge in [0.2, 0.25) is 11.5 Å². The van der Waals surface area contributed by atoms with Gasteiger partial charge in [-0.2, -0.15) is 0 Å². The smallest absolute Gasteiger partial charge is 0.208 e. The third-order valence-electron chi connectivity index (χ3n) is 5.86. The summed E-state index contributed by atoms with van der Waals surface area (Å²) in [5, 5.41) is 10.6. The number of hydrogen-bond donors (Lipinski definition) is 1. The van der Waals surface area contributed by atoms with Crippen LogP contribution in [0.3, 0.4) is 0 Å². The minimum atomic E-state index is -0.470. The van der Waals surface area contributed by atoms with Crippen LogP contribution in [0.2, 0.25) is 0 Å². The van der Waals surface area contributed by atoms with Gasteiger partial charge in [0, 0.05) is 25.6 Å². The zero-order valence-corrected chi connectivity index (χ0v) is 16.1. The first-order chi connectivity index (χ1) is 13.7. The Morgan fingerprint density at radius 1 is 1.18 bits per heavy atom. The molecule has 152 valence electrons. The number of para-hydroxylation sites is 2. The van der Waals surface area contributed by atoms with Crippen molar-refractivity contribution >= 4 is 5.78 Å². The Labute approximate surface area is 164 Å². The predicted octanol–water partition coefficient (Wildman–Crippen LogP) is 1.60. The molecule has 2 fully saturated rings. The topological polar surface area (TPSA) is 77.5 Å². The average molecular weight is 389 g/mol. The average Bonchev–Trinajstić information content (AvgIpc) is 2.73. The van der Waals surface area contributed by atoms with Crippen LogP contribution in [-0.4, -0.2) is 68.0 Å². The first-order valence-corrected chi connectivity index (χ1v) is 9.86. The molecule has 1 N–H and O–H groups in total. The Hall–Kier alpha value is -2.09. The molecule has 1 aliphatic carbocycles. The number of allylic oxidation sites excluding steroid dienone is 1. The van der Waals surface area contributed by atoms with E-state index in [0.717, 1.165) is 13.1 Å². The van der Waals surface area contributed by atoms with Crippen molar-refractivity contribution in [1.82, 2.24) is 4.90 Å². The maximum absolute atomic E-state index is 13.1. The maximum atomic E-state index is 13.1. The highest BCUT2D eigenvalue weighted by molar-refractivity contribution is 5.96. The molecule has 7 nitrogen and oxygen atoms in total. The molecule has 1 saturated heterocycles. The van der Waals surface area contributed by atoms with Crippen LogP contribution in [0.25, 0.3) is 0 Å². The summed E-state index contributed by atoms with van der Waals surface area (Å²) in [4.78, 5) is 15.4. The van der Waals surface area contributed by atoms with Gasteiger partial charge >= 0.3 is 0 Å². The Balaban J connectivity index is 1.49. The molecule has 4 atom stereocenters. The fourth-order valence-corrected chi connectivity index (χ4v) is 4.31. The standard InChI is InChI=1S/C21H27NO6/c1-25-17-4-2-3-5-18(17)28-19-13-27-21-14(20(19)24)6-7-16(23)15(21)12-22-8-10-26-11-9-22/h2-5,13-16,21,23H,6-12H2,1H3. The van der Waals surface area contributed by atoms with E-state index in [0.29, 0.717) is 44.1 Å². The number of hydrogen-bond acceptors (Lipinski definition) is 7. The van der Waals surface area contributed by atoms with Gasteiger partial charge in [-0.1, -0.05) is 12.1 Å². The Bertz CT molecular complexity index is 729.